The molecule has 2 aromatic heterocycles. The summed E-state index contributed by atoms with van der Waals surface area (Å²) in [5.41, 5.74) is 0.811. The number of nitrogens with one attached hydrogen (secondary N) is 2. The molecule has 0 radical (unpaired) electrons. The molecule has 2 heterocycles. The molecule has 2 N–H and O–H groups in total. The molecule has 0 saturated heterocycles. The first-order valence-electron chi connectivity index (χ1n) is 6.25. The molecule has 0 aliphatic rings. The monoisotopic (exact) mass is 314 g/mol. The van der Waals surface area contributed by atoms with Crippen molar-refractivity contribution in [2.45, 2.75) is 0 Å². The van der Waals surface area contributed by atoms with E-state index in [9.17, 15) is 9.59 Å². The zero-order valence-electron chi connectivity index (χ0n) is 11.1. The van der Waals surface area contributed by atoms with E-state index in [-0.39, 0.29) is 22.5 Å². The number of aromatic amines is 1. The molecule has 8 heteroatoms. The number of hydrogen-bond acceptors (Lipinski definition) is 6. The summed E-state index contributed by atoms with van der Waals surface area (Å²) in [6, 6.07) is 8.67. The smallest absolute Gasteiger partial charge is 0.321 e. The van der Waals surface area contributed by atoms with Gasteiger partial charge in [0.2, 0.25) is 0 Å². The number of anilines is 1. The lowest BCUT2D eigenvalue weighted by atomic mass is 10.3. The maximum Gasteiger partial charge on any atom is 0.321 e. The zero-order chi connectivity index (χ0) is 15.4. The van der Waals surface area contributed by atoms with Crippen LogP contribution in [-0.4, -0.2) is 20.9 Å². The molecule has 3 aromatic rings. The molecule has 0 aliphatic carbocycles. The number of ether oxygens (including phenoxy) is 1. The fraction of sp³-hybridized carbons (Fsp3) is 0. The van der Waals surface area contributed by atoms with Gasteiger partial charge in [0.25, 0.3) is 5.91 Å². The number of aromatic nitrogens is 3. The Morgan fingerprint density at radius 1 is 1.18 bits per heavy atom. The van der Waals surface area contributed by atoms with E-state index in [1.807, 2.05) is 0 Å². The number of carbonyl (C=O) groups is 1. The van der Waals surface area contributed by atoms with Crippen LogP contribution in [0.25, 0.3) is 0 Å². The van der Waals surface area contributed by atoms with Gasteiger partial charge in [0.05, 0.1) is 0 Å². The minimum absolute atomic E-state index is 0.230. The van der Waals surface area contributed by atoms with Gasteiger partial charge in [0.1, 0.15) is 11.4 Å². The van der Waals surface area contributed by atoms with Crippen LogP contribution in [0.2, 0.25) is 0 Å². The van der Waals surface area contributed by atoms with Crippen molar-refractivity contribution in [2.75, 3.05) is 5.32 Å². The minimum atomic E-state index is -0.376. The van der Waals surface area contributed by atoms with Crippen LogP contribution in [0.15, 0.2) is 52.9 Å². The lowest BCUT2D eigenvalue weighted by molar-refractivity contribution is 0.102. The Hall–Kier alpha value is -3.00. The second kappa shape index (κ2) is 6.19. The molecule has 0 atom stereocenters. The van der Waals surface area contributed by atoms with Gasteiger partial charge in [-0.2, -0.15) is 0 Å². The number of amides is 1. The minimum Gasteiger partial charge on any atom is -0.424 e. The van der Waals surface area contributed by atoms with Crippen LogP contribution >= 0.6 is 11.3 Å². The molecule has 22 heavy (non-hydrogen) atoms. The maximum atomic E-state index is 11.9. The van der Waals surface area contributed by atoms with Crippen molar-refractivity contribution in [1.29, 1.82) is 0 Å². The van der Waals surface area contributed by atoms with Gasteiger partial charge < -0.3 is 15.0 Å². The predicted molar refractivity (Wildman–Crippen MR) is 81.4 cm³/mol. The van der Waals surface area contributed by atoms with E-state index in [2.05, 4.69) is 20.3 Å². The lowest BCUT2D eigenvalue weighted by Crippen LogP contribution is -2.13. The van der Waals surface area contributed by atoms with Crippen molar-refractivity contribution in [3.8, 4) is 11.8 Å². The molecule has 0 bridgehead atoms. The van der Waals surface area contributed by atoms with E-state index in [1.165, 1.54) is 5.38 Å². The Balaban J connectivity index is 1.66. The van der Waals surface area contributed by atoms with Gasteiger partial charge >= 0.3 is 10.9 Å². The third-order valence-corrected chi connectivity index (χ3v) is 3.30. The molecule has 7 nitrogen and oxygen atoms in total. The average molecular weight is 314 g/mol. The maximum absolute atomic E-state index is 11.9. The molecule has 0 spiro atoms. The van der Waals surface area contributed by atoms with Gasteiger partial charge in [0, 0.05) is 23.5 Å². The quantitative estimate of drug-likeness (QED) is 0.770. The normalized spacial score (nSPS) is 10.2. The number of carbonyl (C=O) groups excluding carboxylic acids is 1. The number of thiazole rings is 1. The van der Waals surface area contributed by atoms with Gasteiger partial charge in [-0.1, -0.05) is 11.3 Å². The number of hydrogen-bond donors (Lipinski definition) is 2. The summed E-state index contributed by atoms with van der Waals surface area (Å²) >= 11 is 0.941. The Labute approximate surface area is 128 Å². The second-order valence-corrected chi connectivity index (χ2v) is 5.02. The molecule has 0 saturated carbocycles. The van der Waals surface area contributed by atoms with Crippen LogP contribution in [0.1, 0.15) is 10.5 Å². The summed E-state index contributed by atoms with van der Waals surface area (Å²) in [5, 5.41) is 4.15. The summed E-state index contributed by atoms with van der Waals surface area (Å²) in [6.45, 7) is 0. The fourth-order valence-electron chi connectivity index (χ4n) is 1.64. The summed E-state index contributed by atoms with van der Waals surface area (Å²) < 4.78 is 5.45. The molecule has 0 aliphatic heterocycles. The van der Waals surface area contributed by atoms with Crippen LogP contribution in [0.5, 0.6) is 11.8 Å². The highest BCUT2D eigenvalue weighted by atomic mass is 32.1. The molecule has 1 aromatic carbocycles. The predicted octanol–water partition coefficient (Wildman–Crippen LogP) is 2.27. The van der Waals surface area contributed by atoms with Crippen molar-refractivity contribution in [1.82, 2.24) is 15.0 Å². The van der Waals surface area contributed by atoms with Crippen LogP contribution < -0.4 is 14.9 Å². The largest absolute Gasteiger partial charge is 0.424 e. The van der Waals surface area contributed by atoms with Crippen molar-refractivity contribution >= 4 is 22.9 Å². The second-order valence-electron chi connectivity index (χ2n) is 4.17. The highest BCUT2D eigenvalue weighted by molar-refractivity contribution is 7.07. The van der Waals surface area contributed by atoms with Crippen molar-refractivity contribution in [2.24, 2.45) is 0 Å². The van der Waals surface area contributed by atoms with Gasteiger partial charge in [-0.3, -0.25) is 9.59 Å². The van der Waals surface area contributed by atoms with Crippen LogP contribution in [-0.2, 0) is 0 Å². The topological polar surface area (TPSA) is 97.0 Å². The Bertz CT molecular complexity index is 827. The number of rotatable bonds is 4. The van der Waals surface area contributed by atoms with Crippen molar-refractivity contribution < 1.29 is 9.53 Å². The molecule has 0 unspecified atom stereocenters. The number of nitrogens with zero attached hydrogens (tertiary/aromatic N) is 2. The number of H-pyrrole nitrogens is 1. The summed E-state index contributed by atoms with van der Waals surface area (Å²) in [5.74, 6) is 0.173. The number of benzene rings is 1. The zero-order valence-corrected chi connectivity index (χ0v) is 12.0. The molecular weight excluding hydrogens is 304 g/mol. The van der Waals surface area contributed by atoms with E-state index in [0.717, 1.165) is 11.3 Å². The third-order valence-electron chi connectivity index (χ3n) is 2.63. The highest BCUT2D eigenvalue weighted by Crippen LogP contribution is 2.20. The van der Waals surface area contributed by atoms with E-state index < -0.39 is 0 Å². The first kappa shape index (κ1) is 14.0. The van der Waals surface area contributed by atoms with Gasteiger partial charge in [-0.15, -0.1) is 0 Å². The summed E-state index contributed by atoms with van der Waals surface area (Å²) in [4.78, 5) is 33.0. The highest BCUT2D eigenvalue weighted by Gasteiger charge is 2.08. The Morgan fingerprint density at radius 2 is 1.91 bits per heavy atom. The van der Waals surface area contributed by atoms with Crippen molar-refractivity contribution in [3.05, 3.63) is 63.5 Å². The lowest BCUT2D eigenvalue weighted by Gasteiger charge is -2.06. The van der Waals surface area contributed by atoms with Crippen LogP contribution in [0.3, 0.4) is 0 Å². The molecule has 110 valence electrons. The van der Waals surface area contributed by atoms with Gasteiger partial charge in [-0.05, 0) is 30.3 Å². The Morgan fingerprint density at radius 3 is 2.55 bits per heavy atom. The first-order valence-corrected chi connectivity index (χ1v) is 7.13. The van der Waals surface area contributed by atoms with E-state index in [1.54, 1.807) is 42.7 Å². The molecular formula is C14H10N4O3S. The average Bonchev–Trinajstić information content (AvgIpc) is 2.97. The van der Waals surface area contributed by atoms with Gasteiger partial charge in [0.15, 0.2) is 0 Å². The third kappa shape index (κ3) is 3.36. The molecule has 3 rings (SSSR count). The van der Waals surface area contributed by atoms with E-state index >= 15 is 0 Å². The van der Waals surface area contributed by atoms with Crippen LogP contribution in [0, 0.1) is 0 Å². The fourth-order valence-corrected chi connectivity index (χ4v) is 2.20. The SMILES string of the molecule is O=C(Nc1ccc(Oc2ncccn2)cc1)c1csc(=O)[nH]1. The summed E-state index contributed by atoms with van der Waals surface area (Å²) in [6.07, 6.45) is 3.16. The summed E-state index contributed by atoms with van der Waals surface area (Å²) in [7, 11) is 0. The standard InChI is InChI=1S/C14H10N4O3S/c19-12(11-8-22-14(20)18-11)17-9-2-4-10(5-3-9)21-13-15-6-1-7-16-13/h1-8H,(H,17,19)(H,18,20). The van der Waals surface area contributed by atoms with E-state index in [0.29, 0.717) is 11.4 Å². The Kier molecular flexibility index (Phi) is 3.92. The molecule has 1 amide bonds. The van der Waals surface area contributed by atoms with E-state index in [4.69, 9.17) is 4.74 Å². The van der Waals surface area contributed by atoms with Crippen LogP contribution in [0.4, 0.5) is 5.69 Å². The van der Waals surface area contributed by atoms with Gasteiger partial charge in [-0.25, -0.2) is 9.97 Å². The molecule has 0 fully saturated rings. The first-order chi connectivity index (χ1) is 10.7. The van der Waals surface area contributed by atoms with Crippen molar-refractivity contribution in [3.63, 3.8) is 0 Å².